The Morgan fingerprint density at radius 2 is 1.89 bits per heavy atom. The van der Waals surface area contributed by atoms with Gasteiger partial charge in [-0.1, -0.05) is 17.5 Å². The number of benzene rings is 2. The van der Waals surface area contributed by atoms with Crippen molar-refractivity contribution in [2.24, 2.45) is 10.2 Å². The molecule has 3 saturated heterocycles. The number of hydrogen-bond acceptors (Lipinski definition) is 14. The number of amides is 5. The molecule has 47 heavy (non-hydrogen) atoms. The number of rotatable bonds is 15. The quantitative estimate of drug-likeness (QED) is 0.0346. The Morgan fingerprint density at radius 3 is 2.68 bits per heavy atom. The van der Waals surface area contributed by atoms with Crippen molar-refractivity contribution < 1.29 is 48.5 Å². The van der Waals surface area contributed by atoms with E-state index in [0.717, 1.165) is 30.6 Å². The highest BCUT2D eigenvalue weighted by atomic mass is 32.2. The third-order valence-electron chi connectivity index (χ3n) is 7.65. The zero-order chi connectivity index (χ0) is 33.3. The van der Waals surface area contributed by atoms with E-state index >= 15 is 0 Å². The summed E-state index contributed by atoms with van der Waals surface area (Å²) in [6, 6.07) is 10.8. The smallest absolute Gasteiger partial charge is 0.363 e. The van der Waals surface area contributed by atoms with E-state index in [1.807, 2.05) is 11.8 Å². The van der Waals surface area contributed by atoms with Crippen LogP contribution < -0.4 is 16.0 Å². The largest absolute Gasteiger partial charge is 0.506 e. The summed E-state index contributed by atoms with van der Waals surface area (Å²) in [6.07, 6.45) is 3.25. The first-order valence-corrected chi connectivity index (χ1v) is 16.6. The molecule has 4 unspecified atom stereocenters. The van der Waals surface area contributed by atoms with Crippen LogP contribution in [0.15, 0.2) is 52.7 Å². The Labute approximate surface area is 277 Å². The van der Waals surface area contributed by atoms with Gasteiger partial charge < -0.3 is 25.9 Å². The summed E-state index contributed by atoms with van der Waals surface area (Å²) in [5, 5.41) is 38.6. The molecule has 0 radical (unpaired) electrons. The Bertz CT molecular complexity index is 1530. The standard InChI is InChI=1S/C29H32N6O10S2/c36-21-10-5-16(11-12-30-24(37)4-2-1-3-22-26-20(15-46-22)31-29(41)32-26)13-19(21)34-33-18-8-6-17(7-9-18)28(40)43-35-25(38)14-23(27(35)39)47-45-44-42/h5-10,13,20,22-23,26,36,42H,1-4,11-12,14-15H2,(H,30,37)(H2,31,32,41). The highest BCUT2D eigenvalue weighted by Crippen LogP contribution is 2.33. The average molecular weight is 689 g/mol. The zero-order valence-electron chi connectivity index (χ0n) is 24.8. The number of hydrogen-bond donors (Lipinski definition) is 5. The van der Waals surface area contributed by atoms with Crippen LogP contribution in [0, 0.1) is 0 Å². The van der Waals surface area contributed by atoms with Gasteiger partial charge in [0.05, 0.1) is 29.8 Å². The van der Waals surface area contributed by atoms with Gasteiger partial charge >= 0.3 is 12.0 Å². The molecule has 5 N–H and O–H groups in total. The fourth-order valence-corrected chi connectivity index (χ4v) is 7.31. The Hall–Kier alpha value is -4.23. The lowest BCUT2D eigenvalue weighted by Crippen LogP contribution is -2.36. The van der Waals surface area contributed by atoms with E-state index in [1.54, 1.807) is 12.1 Å². The van der Waals surface area contributed by atoms with E-state index in [4.69, 9.17) is 10.1 Å². The van der Waals surface area contributed by atoms with Gasteiger partial charge in [0.15, 0.2) is 0 Å². The van der Waals surface area contributed by atoms with Crippen molar-refractivity contribution in [3.63, 3.8) is 0 Å². The number of imide groups is 1. The van der Waals surface area contributed by atoms with E-state index in [0.29, 0.717) is 47.4 Å². The molecular weight excluding hydrogens is 656 g/mol. The highest BCUT2D eigenvalue weighted by molar-refractivity contribution is 8.00. The maximum Gasteiger partial charge on any atom is 0.363 e. The van der Waals surface area contributed by atoms with Crippen molar-refractivity contribution in [1.29, 1.82) is 0 Å². The van der Waals surface area contributed by atoms with Gasteiger partial charge in [-0.15, -0.1) is 14.5 Å². The van der Waals surface area contributed by atoms with Crippen molar-refractivity contribution >= 4 is 64.9 Å². The summed E-state index contributed by atoms with van der Waals surface area (Å²) < 4.78 is 4.19. The summed E-state index contributed by atoms with van der Waals surface area (Å²) >= 11 is 2.26. The van der Waals surface area contributed by atoms with Crippen LogP contribution in [-0.2, 0) is 35.0 Å². The lowest BCUT2D eigenvalue weighted by atomic mass is 10.0. The van der Waals surface area contributed by atoms with Crippen LogP contribution in [0.25, 0.3) is 0 Å². The Morgan fingerprint density at radius 1 is 1.09 bits per heavy atom. The molecule has 0 spiro atoms. The van der Waals surface area contributed by atoms with E-state index < -0.39 is 23.0 Å². The number of carbonyl (C=O) groups is 5. The molecule has 0 saturated carbocycles. The summed E-state index contributed by atoms with van der Waals surface area (Å²) in [4.78, 5) is 65.5. The van der Waals surface area contributed by atoms with E-state index in [2.05, 4.69) is 35.6 Å². The van der Waals surface area contributed by atoms with Crippen molar-refractivity contribution in [1.82, 2.24) is 21.0 Å². The van der Waals surface area contributed by atoms with E-state index in [-0.39, 0.29) is 47.4 Å². The van der Waals surface area contributed by atoms with Gasteiger partial charge in [-0.3, -0.25) is 14.4 Å². The number of hydroxylamine groups is 2. The molecule has 18 heteroatoms. The van der Waals surface area contributed by atoms with Crippen molar-refractivity contribution in [2.45, 2.75) is 61.1 Å². The molecule has 3 fully saturated rings. The number of fused-ring (bicyclic) bond motifs is 1. The number of phenolic OH excluding ortho intramolecular Hbond substituents is 1. The number of nitrogens with one attached hydrogen (secondary N) is 3. The minimum absolute atomic E-state index is 0.0325. The molecule has 250 valence electrons. The van der Waals surface area contributed by atoms with Crippen LogP contribution in [0.4, 0.5) is 16.2 Å². The lowest BCUT2D eigenvalue weighted by Gasteiger charge is -2.16. The molecule has 5 rings (SSSR count). The van der Waals surface area contributed by atoms with Crippen LogP contribution in [0.1, 0.15) is 48.0 Å². The molecule has 3 aliphatic rings. The Balaban J connectivity index is 1.03. The maximum absolute atomic E-state index is 12.5. The lowest BCUT2D eigenvalue weighted by molar-refractivity contribution is -0.432. The van der Waals surface area contributed by atoms with E-state index in [9.17, 15) is 29.1 Å². The monoisotopic (exact) mass is 688 g/mol. The molecule has 0 bridgehead atoms. The van der Waals surface area contributed by atoms with Gasteiger partial charge in [-0.2, -0.15) is 16.9 Å². The maximum atomic E-state index is 12.5. The van der Waals surface area contributed by atoms with Gasteiger partial charge in [-0.25, -0.2) is 14.8 Å². The third-order valence-corrected chi connectivity index (χ3v) is 9.90. The molecule has 3 heterocycles. The van der Waals surface area contributed by atoms with Crippen molar-refractivity contribution in [3.05, 3.63) is 53.6 Å². The van der Waals surface area contributed by atoms with Gasteiger partial charge in [0.25, 0.3) is 11.8 Å². The van der Waals surface area contributed by atoms with Gasteiger partial charge in [0, 0.05) is 36.0 Å². The first-order valence-electron chi connectivity index (χ1n) is 14.7. The van der Waals surface area contributed by atoms with Crippen LogP contribution in [0.3, 0.4) is 0 Å². The minimum atomic E-state index is -1.05. The molecular formula is C29H32N6O10S2. The highest BCUT2D eigenvalue weighted by Gasteiger charge is 2.44. The SMILES string of the molecule is O=C(CCCCC1SCC2NC(=O)NC21)NCCc1ccc(O)c(N=Nc2ccc(C(=O)ON3C(=O)CC(SOOO)C3=O)cc2)c1. The van der Waals surface area contributed by atoms with Gasteiger partial charge in [0.1, 0.15) is 16.7 Å². The number of urea groups is 1. The molecule has 2 aromatic carbocycles. The summed E-state index contributed by atoms with van der Waals surface area (Å²) in [6.45, 7) is 0.413. The number of thioether (sulfide) groups is 1. The summed E-state index contributed by atoms with van der Waals surface area (Å²) in [7, 11) is 0. The van der Waals surface area contributed by atoms with Crippen LogP contribution in [0.2, 0.25) is 0 Å². The second kappa shape index (κ2) is 16.1. The third kappa shape index (κ3) is 8.98. The molecule has 0 aromatic heterocycles. The van der Waals surface area contributed by atoms with Crippen LogP contribution in [-0.4, -0.2) is 80.0 Å². The van der Waals surface area contributed by atoms with Crippen molar-refractivity contribution in [3.8, 4) is 5.75 Å². The second-order valence-electron chi connectivity index (χ2n) is 10.9. The molecule has 4 atom stereocenters. The molecule has 2 aromatic rings. The predicted molar refractivity (Wildman–Crippen MR) is 167 cm³/mol. The number of nitrogens with zero attached hydrogens (tertiary/aromatic N) is 3. The number of unbranched alkanes of at least 4 members (excludes halogenated alkanes) is 1. The van der Waals surface area contributed by atoms with Crippen molar-refractivity contribution in [2.75, 3.05) is 12.3 Å². The fourth-order valence-electron chi connectivity index (χ4n) is 5.24. The summed E-state index contributed by atoms with van der Waals surface area (Å²) in [5.74, 6) is -1.78. The van der Waals surface area contributed by atoms with Crippen LogP contribution in [0.5, 0.6) is 5.75 Å². The zero-order valence-corrected chi connectivity index (χ0v) is 26.5. The fraction of sp³-hybridized carbons (Fsp3) is 0.414. The molecule has 0 aliphatic carbocycles. The van der Waals surface area contributed by atoms with Gasteiger partial charge in [-0.05, 0) is 61.2 Å². The van der Waals surface area contributed by atoms with E-state index in [1.165, 1.54) is 30.3 Å². The van der Waals surface area contributed by atoms with Crippen LogP contribution >= 0.6 is 23.8 Å². The first-order chi connectivity index (χ1) is 22.7. The normalized spacial score (nSPS) is 22.0. The second-order valence-corrected chi connectivity index (χ2v) is 13.0. The average Bonchev–Trinajstić information content (AvgIpc) is 3.70. The number of phenols is 1. The number of azo groups is 1. The minimum Gasteiger partial charge on any atom is -0.506 e. The number of aromatic hydroxyl groups is 1. The Kier molecular flexibility index (Phi) is 11.6. The molecule has 5 amide bonds. The topological polar surface area (TPSA) is 218 Å². The first kappa shape index (κ1) is 34.1. The number of carbonyl (C=O) groups excluding carboxylic acids is 5. The van der Waals surface area contributed by atoms with Gasteiger partial charge in [0.2, 0.25) is 5.91 Å². The predicted octanol–water partition coefficient (Wildman–Crippen LogP) is 3.46. The molecule has 16 nitrogen and oxygen atoms in total. The summed E-state index contributed by atoms with van der Waals surface area (Å²) in [5.41, 5.74) is 1.43. The molecule has 3 aliphatic heterocycles.